The van der Waals surface area contributed by atoms with Crippen LogP contribution in [0.2, 0.25) is 0 Å². The maximum Gasteiger partial charge on any atom is 0.244 e. The topological polar surface area (TPSA) is 86.2 Å². The van der Waals surface area contributed by atoms with Gasteiger partial charge in [0.25, 0.3) is 0 Å². The average molecular weight is 320 g/mol. The Morgan fingerprint density at radius 3 is 1.96 bits per heavy atom. The van der Waals surface area contributed by atoms with Gasteiger partial charge in [0.1, 0.15) is 0 Å². The van der Waals surface area contributed by atoms with Crippen LogP contribution in [0.25, 0.3) is 23.3 Å². The van der Waals surface area contributed by atoms with Gasteiger partial charge in [0, 0.05) is 11.1 Å². The van der Waals surface area contributed by atoms with E-state index < -0.39 is 11.8 Å². The number of hydrogen-bond acceptors (Lipinski definition) is 2. The normalized spacial score (nSPS) is 12.1. The minimum Gasteiger partial charge on any atom is -0.366 e. The van der Waals surface area contributed by atoms with Crippen molar-refractivity contribution in [3.63, 3.8) is 0 Å². The van der Waals surface area contributed by atoms with E-state index in [1.807, 2.05) is 48.5 Å². The zero-order chi connectivity index (χ0) is 17.7. The lowest BCUT2D eigenvalue weighted by Gasteiger charge is -2.11. The summed E-state index contributed by atoms with van der Waals surface area (Å²) in [5.74, 6) is -0.971. The molecule has 2 amide bonds. The van der Waals surface area contributed by atoms with Gasteiger partial charge in [-0.25, -0.2) is 0 Å². The van der Waals surface area contributed by atoms with E-state index in [1.54, 1.807) is 26.0 Å². The zero-order valence-electron chi connectivity index (χ0n) is 13.7. The Hall–Kier alpha value is -3.14. The molecule has 0 atom stereocenters. The predicted molar refractivity (Wildman–Crippen MR) is 97.6 cm³/mol. The van der Waals surface area contributed by atoms with Gasteiger partial charge in [-0.3, -0.25) is 9.59 Å². The second-order valence-corrected chi connectivity index (χ2v) is 5.56. The fourth-order valence-corrected chi connectivity index (χ4v) is 2.33. The van der Waals surface area contributed by atoms with Gasteiger partial charge in [-0.05, 0) is 48.3 Å². The fourth-order valence-electron chi connectivity index (χ4n) is 2.33. The van der Waals surface area contributed by atoms with Crippen LogP contribution >= 0.6 is 0 Å². The summed E-state index contributed by atoms with van der Waals surface area (Å²) in [7, 11) is 0. The van der Waals surface area contributed by atoms with Crippen LogP contribution < -0.4 is 11.5 Å². The first-order valence-corrected chi connectivity index (χ1v) is 7.54. The summed E-state index contributed by atoms with van der Waals surface area (Å²) in [5, 5.41) is 0. The minimum atomic E-state index is -0.487. The number of hydrogen-bond donors (Lipinski definition) is 2. The van der Waals surface area contributed by atoms with Crippen LogP contribution in [0.15, 0.2) is 59.7 Å². The molecule has 0 saturated heterocycles. The minimum absolute atomic E-state index is 0.435. The molecule has 2 aromatic carbocycles. The van der Waals surface area contributed by atoms with Gasteiger partial charge in [0.15, 0.2) is 0 Å². The Morgan fingerprint density at radius 2 is 1.38 bits per heavy atom. The van der Waals surface area contributed by atoms with Crippen molar-refractivity contribution in [2.45, 2.75) is 13.8 Å². The van der Waals surface area contributed by atoms with E-state index in [-0.39, 0.29) is 0 Å². The van der Waals surface area contributed by atoms with Crippen LogP contribution in [-0.2, 0) is 9.59 Å². The molecule has 0 spiro atoms. The highest BCUT2D eigenvalue weighted by atomic mass is 16.1. The highest BCUT2D eigenvalue weighted by Crippen LogP contribution is 2.29. The molecular formula is C20H20N2O2. The number of rotatable bonds is 5. The van der Waals surface area contributed by atoms with Crippen molar-refractivity contribution in [2.75, 3.05) is 0 Å². The molecule has 2 rings (SSSR count). The van der Waals surface area contributed by atoms with Gasteiger partial charge in [0.05, 0.1) is 0 Å². The molecule has 0 aliphatic carbocycles. The van der Waals surface area contributed by atoms with Crippen LogP contribution in [0, 0.1) is 0 Å². The summed E-state index contributed by atoms with van der Waals surface area (Å²) in [6, 6.07) is 15.5. The second kappa shape index (κ2) is 7.42. The number of carbonyl (C=O) groups is 2. The Bertz CT molecular complexity index is 834. The van der Waals surface area contributed by atoms with Crippen LogP contribution in [0.4, 0.5) is 0 Å². The SMILES string of the molecule is CC(=Cc1cccc(-c2ccccc2)c1C=C(C)C(N)=O)C(N)=O. The Balaban J connectivity index is 2.73. The van der Waals surface area contributed by atoms with Crippen molar-refractivity contribution >= 4 is 24.0 Å². The Kier molecular flexibility index (Phi) is 5.32. The lowest BCUT2D eigenvalue weighted by Crippen LogP contribution is -2.12. The van der Waals surface area contributed by atoms with E-state index in [4.69, 9.17) is 11.5 Å². The lowest BCUT2D eigenvalue weighted by atomic mass is 9.93. The molecule has 0 saturated carbocycles. The van der Waals surface area contributed by atoms with Gasteiger partial charge in [-0.15, -0.1) is 0 Å². The van der Waals surface area contributed by atoms with Crippen molar-refractivity contribution < 1.29 is 9.59 Å². The number of amides is 2. The molecule has 4 N–H and O–H groups in total. The third-order valence-corrected chi connectivity index (χ3v) is 3.73. The van der Waals surface area contributed by atoms with Crippen LogP contribution in [0.5, 0.6) is 0 Å². The second-order valence-electron chi connectivity index (χ2n) is 5.56. The molecule has 24 heavy (non-hydrogen) atoms. The molecular weight excluding hydrogens is 300 g/mol. The quantitative estimate of drug-likeness (QED) is 0.829. The van der Waals surface area contributed by atoms with Gasteiger partial charge in [-0.2, -0.15) is 0 Å². The first-order chi connectivity index (χ1) is 11.4. The van der Waals surface area contributed by atoms with E-state index >= 15 is 0 Å². The van der Waals surface area contributed by atoms with Gasteiger partial charge in [-0.1, -0.05) is 48.5 Å². The standard InChI is InChI=1S/C20H20N2O2/c1-13(19(21)23)11-16-9-6-10-17(15-7-4-3-5-8-15)18(16)12-14(2)20(22)24/h3-12H,1-2H3,(H2,21,23)(H2,22,24). The number of benzene rings is 2. The molecule has 0 fully saturated rings. The van der Waals surface area contributed by atoms with Crippen LogP contribution in [-0.4, -0.2) is 11.8 Å². The molecule has 0 aliphatic heterocycles. The highest BCUT2D eigenvalue weighted by Gasteiger charge is 2.10. The van der Waals surface area contributed by atoms with E-state index in [0.717, 1.165) is 22.3 Å². The summed E-state index contributed by atoms with van der Waals surface area (Å²) in [5.41, 5.74) is 15.2. The van der Waals surface area contributed by atoms with Crippen LogP contribution in [0.1, 0.15) is 25.0 Å². The van der Waals surface area contributed by atoms with E-state index in [2.05, 4.69) is 0 Å². The van der Waals surface area contributed by atoms with E-state index in [9.17, 15) is 9.59 Å². The summed E-state index contributed by atoms with van der Waals surface area (Å²) >= 11 is 0. The number of primary amides is 2. The molecule has 0 radical (unpaired) electrons. The monoisotopic (exact) mass is 320 g/mol. The molecule has 0 heterocycles. The molecule has 0 aromatic heterocycles. The molecule has 0 bridgehead atoms. The number of carbonyl (C=O) groups excluding carboxylic acids is 2. The van der Waals surface area contributed by atoms with Gasteiger partial charge < -0.3 is 11.5 Å². The predicted octanol–water partition coefficient (Wildman–Crippen LogP) is 3.13. The molecule has 2 aromatic rings. The third kappa shape index (κ3) is 3.98. The molecule has 122 valence electrons. The molecule has 4 nitrogen and oxygen atoms in total. The average Bonchev–Trinajstić information content (AvgIpc) is 2.56. The summed E-state index contributed by atoms with van der Waals surface area (Å²) in [6.07, 6.45) is 3.46. The maximum atomic E-state index is 11.5. The van der Waals surface area contributed by atoms with Crippen molar-refractivity contribution in [3.05, 3.63) is 70.8 Å². The molecule has 4 heteroatoms. The highest BCUT2D eigenvalue weighted by molar-refractivity contribution is 6.00. The first-order valence-electron chi connectivity index (χ1n) is 7.54. The summed E-state index contributed by atoms with van der Waals surface area (Å²) in [4.78, 5) is 22.8. The maximum absolute atomic E-state index is 11.5. The van der Waals surface area contributed by atoms with Gasteiger partial charge in [0.2, 0.25) is 11.8 Å². The molecule has 0 unspecified atom stereocenters. The van der Waals surface area contributed by atoms with Gasteiger partial charge >= 0.3 is 0 Å². The van der Waals surface area contributed by atoms with Crippen molar-refractivity contribution in [2.24, 2.45) is 11.5 Å². The Labute approximate surface area is 141 Å². The largest absolute Gasteiger partial charge is 0.366 e. The number of nitrogens with two attached hydrogens (primary N) is 2. The Morgan fingerprint density at radius 1 is 0.792 bits per heavy atom. The molecule has 0 aliphatic rings. The zero-order valence-corrected chi connectivity index (χ0v) is 13.7. The first kappa shape index (κ1) is 17.2. The van der Waals surface area contributed by atoms with Crippen molar-refractivity contribution in [1.29, 1.82) is 0 Å². The lowest BCUT2D eigenvalue weighted by molar-refractivity contribution is -0.115. The van der Waals surface area contributed by atoms with E-state index in [1.165, 1.54) is 0 Å². The van der Waals surface area contributed by atoms with Crippen molar-refractivity contribution in [1.82, 2.24) is 0 Å². The van der Waals surface area contributed by atoms with Crippen LogP contribution in [0.3, 0.4) is 0 Å². The third-order valence-electron chi connectivity index (χ3n) is 3.73. The summed E-state index contributed by atoms with van der Waals surface area (Å²) < 4.78 is 0. The van der Waals surface area contributed by atoms with E-state index in [0.29, 0.717) is 11.1 Å². The smallest absolute Gasteiger partial charge is 0.244 e. The van der Waals surface area contributed by atoms with Crippen molar-refractivity contribution in [3.8, 4) is 11.1 Å². The fraction of sp³-hybridized carbons (Fsp3) is 0.100. The summed E-state index contributed by atoms with van der Waals surface area (Å²) in [6.45, 7) is 3.32.